The summed E-state index contributed by atoms with van der Waals surface area (Å²) in [5.74, 6) is -0.0425. The second kappa shape index (κ2) is 6.89. The Morgan fingerprint density at radius 2 is 2.10 bits per heavy atom. The second-order valence-corrected chi connectivity index (χ2v) is 6.18. The lowest BCUT2D eigenvalue weighted by Gasteiger charge is -2.35. The normalized spacial score (nSPS) is 11.2. The van der Waals surface area contributed by atoms with Crippen molar-refractivity contribution in [2.75, 3.05) is 6.54 Å². The van der Waals surface area contributed by atoms with Crippen molar-refractivity contribution in [3.8, 4) is 0 Å². The van der Waals surface area contributed by atoms with E-state index in [4.69, 9.17) is 11.6 Å². The van der Waals surface area contributed by atoms with Gasteiger partial charge in [0.15, 0.2) is 0 Å². The van der Waals surface area contributed by atoms with Crippen LogP contribution in [-0.4, -0.2) is 27.9 Å². The fourth-order valence-corrected chi connectivity index (χ4v) is 2.23. The summed E-state index contributed by atoms with van der Waals surface area (Å²) >= 11 is 6.02. The van der Waals surface area contributed by atoms with Crippen LogP contribution in [0.2, 0.25) is 5.15 Å². The van der Waals surface area contributed by atoms with Gasteiger partial charge in [0.2, 0.25) is 0 Å². The molecule has 4 heteroatoms. The zero-order chi connectivity index (χ0) is 15.3. The van der Waals surface area contributed by atoms with Gasteiger partial charge in [-0.25, -0.2) is 4.98 Å². The highest BCUT2D eigenvalue weighted by Gasteiger charge is 2.26. The lowest BCUT2D eigenvalue weighted by atomic mass is 10.0. The average Bonchev–Trinajstić information content (AvgIpc) is 2.33. The SMILES string of the molecule is C=CCN(C(=O)c1cc(Cl)nc(CCC)c1)C(C)(C)C. The third-order valence-corrected chi connectivity index (χ3v) is 3.16. The van der Waals surface area contributed by atoms with E-state index in [9.17, 15) is 4.79 Å². The molecule has 0 bridgehead atoms. The van der Waals surface area contributed by atoms with Crippen molar-refractivity contribution in [3.05, 3.63) is 41.2 Å². The van der Waals surface area contributed by atoms with Crippen molar-refractivity contribution in [1.29, 1.82) is 0 Å². The van der Waals surface area contributed by atoms with Crippen LogP contribution in [0.5, 0.6) is 0 Å². The van der Waals surface area contributed by atoms with Crippen LogP contribution in [0.25, 0.3) is 0 Å². The van der Waals surface area contributed by atoms with Gasteiger partial charge in [-0.05, 0) is 39.3 Å². The maximum absolute atomic E-state index is 12.7. The number of carbonyl (C=O) groups is 1. The van der Waals surface area contributed by atoms with E-state index in [1.165, 1.54) is 0 Å². The lowest BCUT2D eigenvalue weighted by molar-refractivity contribution is 0.0616. The van der Waals surface area contributed by atoms with Gasteiger partial charge in [0, 0.05) is 23.3 Å². The molecule has 0 unspecified atom stereocenters. The zero-order valence-corrected chi connectivity index (χ0v) is 13.5. The Morgan fingerprint density at radius 1 is 1.45 bits per heavy atom. The van der Waals surface area contributed by atoms with Crippen LogP contribution in [0.1, 0.15) is 50.2 Å². The van der Waals surface area contributed by atoms with Gasteiger partial charge in [0.1, 0.15) is 5.15 Å². The standard InChI is InChI=1S/C16H23ClN2O/c1-6-8-13-10-12(11-14(17)18-13)15(20)19(9-7-2)16(3,4)5/h7,10-11H,2,6,8-9H2,1,3-5H3. The molecule has 0 aliphatic carbocycles. The first-order valence-electron chi connectivity index (χ1n) is 6.89. The van der Waals surface area contributed by atoms with Crippen molar-refractivity contribution in [3.63, 3.8) is 0 Å². The van der Waals surface area contributed by atoms with Crippen molar-refractivity contribution in [2.45, 2.75) is 46.1 Å². The largest absolute Gasteiger partial charge is 0.330 e. The molecule has 110 valence electrons. The molecule has 0 aromatic carbocycles. The van der Waals surface area contributed by atoms with E-state index in [1.54, 1.807) is 17.0 Å². The number of nitrogens with zero attached hydrogens (tertiary/aromatic N) is 2. The van der Waals surface area contributed by atoms with Crippen LogP contribution < -0.4 is 0 Å². The number of hydrogen-bond acceptors (Lipinski definition) is 2. The van der Waals surface area contributed by atoms with Crippen LogP contribution in [-0.2, 0) is 6.42 Å². The first-order chi connectivity index (χ1) is 9.29. The topological polar surface area (TPSA) is 33.2 Å². The highest BCUT2D eigenvalue weighted by Crippen LogP contribution is 2.20. The average molecular weight is 295 g/mol. The number of halogens is 1. The molecule has 1 heterocycles. The van der Waals surface area contributed by atoms with E-state index < -0.39 is 0 Å². The van der Waals surface area contributed by atoms with Gasteiger partial charge in [-0.15, -0.1) is 6.58 Å². The molecular formula is C16H23ClN2O. The fraction of sp³-hybridized carbons (Fsp3) is 0.500. The van der Waals surface area contributed by atoms with Gasteiger partial charge < -0.3 is 4.90 Å². The summed E-state index contributed by atoms with van der Waals surface area (Å²) in [6.45, 7) is 12.3. The van der Waals surface area contributed by atoms with Gasteiger partial charge in [-0.2, -0.15) is 0 Å². The molecule has 0 aliphatic rings. The van der Waals surface area contributed by atoms with E-state index in [0.29, 0.717) is 17.3 Å². The highest BCUT2D eigenvalue weighted by atomic mass is 35.5. The molecule has 3 nitrogen and oxygen atoms in total. The fourth-order valence-electron chi connectivity index (χ4n) is 2.01. The molecule has 0 saturated heterocycles. The van der Waals surface area contributed by atoms with Crippen LogP contribution in [0.3, 0.4) is 0 Å². The number of amides is 1. The monoisotopic (exact) mass is 294 g/mol. The Balaban J connectivity index is 3.14. The van der Waals surface area contributed by atoms with E-state index in [2.05, 4.69) is 18.5 Å². The van der Waals surface area contributed by atoms with Gasteiger partial charge in [0.25, 0.3) is 5.91 Å². The molecule has 1 aromatic rings. The Morgan fingerprint density at radius 3 is 2.60 bits per heavy atom. The van der Waals surface area contributed by atoms with Gasteiger partial charge in [-0.1, -0.05) is 31.0 Å². The van der Waals surface area contributed by atoms with E-state index >= 15 is 0 Å². The quantitative estimate of drug-likeness (QED) is 0.605. The molecule has 0 aliphatic heterocycles. The molecule has 0 fully saturated rings. The molecule has 1 amide bonds. The highest BCUT2D eigenvalue weighted by molar-refractivity contribution is 6.29. The Hall–Kier alpha value is -1.35. The van der Waals surface area contributed by atoms with E-state index in [0.717, 1.165) is 18.5 Å². The number of rotatable bonds is 5. The summed E-state index contributed by atoms with van der Waals surface area (Å²) in [6.07, 6.45) is 3.52. The zero-order valence-electron chi connectivity index (χ0n) is 12.7. The molecule has 0 saturated carbocycles. The van der Waals surface area contributed by atoms with Crippen LogP contribution >= 0.6 is 11.6 Å². The minimum atomic E-state index is -0.272. The summed E-state index contributed by atoms with van der Waals surface area (Å²) in [5, 5.41) is 0.367. The van der Waals surface area contributed by atoms with Crippen LogP contribution in [0.4, 0.5) is 0 Å². The van der Waals surface area contributed by atoms with Crippen molar-refractivity contribution in [2.24, 2.45) is 0 Å². The van der Waals surface area contributed by atoms with Crippen molar-refractivity contribution >= 4 is 17.5 Å². The van der Waals surface area contributed by atoms with Crippen molar-refractivity contribution in [1.82, 2.24) is 9.88 Å². The van der Waals surface area contributed by atoms with Gasteiger partial charge >= 0.3 is 0 Å². The molecule has 0 atom stereocenters. The summed E-state index contributed by atoms with van der Waals surface area (Å²) in [4.78, 5) is 18.7. The van der Waals surface area contributed by atoms with Crippen molar-refractivity contribution < 1.29 is 4.79 Å². The minimum absolute atomic E-state index is 0.0425. The number of aryl methyl sites for hydroxylation is 1. The first kappa shape index (κ1) is 16.7. The maximum atomic E-state index is 12.7. The lowest BCUT2D eigenvalue weighted by Crippen LogP contribution is -2.45. The van der Waals surface area contributed by atoms with Crippen LogP contribution in [0.15, 0.2) is 24.8 Å². The molecule has 0 spiro atoms. The minimum Gasteiger partial charge on any atom is -0.330 e. The van der Waals surface area contributed by atoms with Crippen LogP contribution in [0, 0.1) is 0 Å². The maximum Gasteiger partial charge on any atom is 0.254 e. The third kappa shape index (κ3) is 4.34. The smallest absolute Gasteiger partial charge is 0.254 e. The summed E-state index contributed by atoms with van der Waals surface area (Å²) < 4.78 is 0. The summed E-state index contributed by atoms with van der Waals surface area (Å²) in [5.41, 5.74) is 1.17. The predicted molar refractivity (Wildman–Crippen MR) is 84.2 cm³/mol. The number of carbonyl (C=O) groups excluding carboxylic acids is 1. The molecule has 1 rings (SSSR count). The number of hydrogen-bond donors (Lipinski definition) is 0. The number of aromatic nitrogens is 1. The predicted octanol–water partition coefficient (Wildman–Crippen LogP) is 4.11. The molecular weight excluding hydrogens is 272 g/mol. The second-order valence-electron chi connectivity index (χ2n) is 5.80. The summed E-state index contributed by atoms with van der Waals surface area (Å²) in [7, 11) is 0. The molecule has 1 aromatic heterocycles. The molecule has 0 radical (unpaired) electrons. The van der Waals surface area contributed by atoms with Gasteiger partial charge in [-0.3, -0.25) is 4.79 Å². The number of pyridine rings is 1. The van der Waals surface area contributed by atoms with Gasteiger partial charge in [0.05, 0.1) is 0 Å². The summed E-state index contributed by atoms with van der Waals surface area (Å²) in [6, 6.07) is 3.46. The Kier molecular flexibility index (Phi) is 5.75. The Bertz CT molecular complexity index is 492. The first-order valence-corrected chi connectivity index (χ1v) is 7.26. The Labute approximate surface area is 126 Å². The molecule has 20 heavy (non-hydrogen) atoms. The third-order valence-electron chi connectivity index (χ3n) is 2.97. The molecule has 0 N–H and O–H groups in total. The van der Waals surface area contributed by atoms with E-state index in [1.807, 2.05) is 26.8 Å². The van der Waals surface area contributed by atoms with E-state index in [-0.39, 0.29) is 11.4 Å².